The molecule has 168 valence electrons. The van der Waals surface area contributed by atoms with Crippen LogP contribution in [0, 0.1) is 0 Å². The molecule has 7 heteroatoms. The minimum Gasteiger partial charge on any atom is -0.493 e. The Bertz CT molecular complexity index is 903. The van der Waals surface area contributed by atoms with Gasteiger partial charge in [0, 0.05) is 6.54 Å². The van der Waals surface area contributed by atoms with Crippen molar-refractivity contribution in [3.8, 4) is 17.2 Å². The van der Waals surface area contributed by atoms with Gasteiger partial charge in [-0.1, -0.05) is 45.0 Å². The summed E-state index contributed by atoms with van der Waals surface area (Å²) in [5, 5.41) is 2.74. The Hall–Kier alpha value is -3.22. The van der Waals surface area contributed by atoms with Crippen LogP contribution in [0.2, 0.25) is 0 Å². The van der Waals surface area contributed by atoms with E-state index in [0.717, 1.165) is 11.1 Å². The number of methoxy groups -OCH3 is 2. The molecule has 0 fully saturated rings. The van der Waals surface area contributed by atoms with E-state index in [4.69, 9.17) is 18.9 Å². The molecule has 2 rings (SSSR count). The SMILES string of the molecule is COc1ccc(CNC(=O)[C@@H](C)OC(=O)COc2ccccc2C(C)(C)C)cc1OC. The summed E-state index contributed by atoms with van der Waals surface area (Å²) in [5.41, 5.74) is 1.69. The molecular formula is C24H31NO6. The molecule has 0 heterocycles. The third-order valence-corrected chi connectivity index (χ3v) is 4.63. The number of amides is 1. The van der Waals surface area contributed by atoms with Crippen LogP contribution in [0.1, 0.15) is 38.8 Å². The topological polar surface area (TPSA) is 83.1 Å². The number of esters is 1. The number of carbonyl (C=O) groups is 2. The van der Waals surface area contributed by atoms with E-state index < -0.39 is 18.0 Å². The lowest BCUT2D eigenvalue weighted by Crippen LogP contribution is -2.36. The molecule has 2 aromatic carbocycles. The van der Waals surface area contributed by atoms with Gasteiger partial charge in [-0.2, -0.15) is 0 Å². The summed E-state index contributed by atoms with van der Waals surface area (Å²) < 4.78 is 21.3. The number of nitrogens with one attached hydrogen (secondary N) is 1. The number of ether oxygens (including phenoxy) is 4. The first-order valence-electron chi connectivity index (χ1n) is 10.1. The summed E-state index contributed by atoms with van der Waals surface area (Å²) in [6.07, 6.45) is -0.950. The van der Waals surface area contributed by atoms with Gasteiger partial charge in [-0.25, -0.2) is 4.79 Å². The van der Waals surface area contributed by atoms with Crippen LogP contribution in [0.4, 0.5) is 0 Å². The average molecular weight is 430 g/mol. The Labute approximate surface area is 183 Å². The van der Waals surface area contributed by atoms with Crippen LogP contribution in [0.3, 0.4) is 0 Å². The normalized spacial score (nSPS) is 11.9. The molecule has 1 amide bonds. The van der Waals surface area contributed by atoms with Gasteiger partial charge in [-0.3, -0.25) is 4.79 Å². The van der Waals surface area contributed by atoms with E-state index in [1.54, 1.807) is 26.4 Å². The van der Waals surface area contributed by atoms with Crippen LogP contribution in [-0.4, -0.2) is 38.8 Å². The van der Waals surface area contributed by atoms with Crippen LogP contribution in [0.15, 0.2) is 42.5 Å². The summed E-state index contributed by atoms with van der Waals surface area (Å²) in [4.78, 5) is 24.5. The fourth-order valence-electron chi connectivity index (χ4n) is 2.96. The zero-order valence-electron chi connectivity index (χ0n) is 19.0. The smallest absolute Gasteiger partial charge is 0.344 e. The fourth-order valence-corrected chi connectivity index (χ4v) is 2.96. The van der Waals surface area contributed by atoms with Gasteiger partial charge in [-0.15, -0.1) is 0 Å². The van der Waals surface area contributed by atoms with E-state index in [2.05, 4.69) is 26.1 Å². The Morgan fingerprint density at radius 2 is 1.65 bits per heavy atom. The Kier molecular flexibility index (Phi) is 8.30. The van der Waals surface area contributed by atoms with E-state index in [1.165, 1.54) is 6.92 Å². The molecule has 1 N–H and O–H groups in total. The van der Waals surface area contributed by atoms with Gasteiger partial charge >= 0.3 is 5.97 Å². The van der Waals surface area contributed by atoms with Crippen molar-refractivity contribution in [2.75, 3.05) is 20.8 Å². The lowest BCUT2D eigenvalue weighted by Gasteiger charge is -2.22. The van der Waals surface area contributed by atoms with E-state index in [0.29, 0.717) is 17.2 Å². The molecule has 0 radical (unpaired) electrons. The van der Waals surface area contributed by atoms with E-state index in [9.17, 15) is 9.59 Å². The molecule has 0 bridgehead atoms. The molecule has 0 aliphatic carbocycles. The van der Waals surface area contributed by atoms with Crippen LogP contribution in [0.25, 0.3) is 0 Å². The van der Waals surface area contributed by atoms with Crippen molar-refractivity contribution in [2.24, 2.45) is 0 Å². The minimum atomic E-state index is -0.950. The second-order valence-electron chi connectivity index (χ2n) is 8.07. The Balaban J connectivity index is 1.86. The highest BCUT2D eigenvalue weighted by Crippen LogP contribution is 2.31. The highest BCUT2D eigenvalue weighted by molar-refractivity contribution is 5.83. The molecule has 7 nitrogen and oxygen atoms in total. The molecule has 0 aromatic heterocycles. The molecule has 0 saturated heterocycles. The van der Waals surface area contributed by atoms with E-state index in [1.807, 2.05) is 30.3 Å². The highest BCUT2D eigenvalue weighted by atomic mass is 16.6. The molecule has 1 atom stereocenters. The van der Waals surface area contributed by atoms with Gasteiger partial charge in [0.25, 0.3) is 5.91 Å². The first kappa shape index (κ1) is 24.1. The number of benzene rings is 2. The van der Waals surface area contributed by atoms with Crippen molar-refractivity contribution >= 4 is 11.9 Å². The van der Waals surface area contributed by atoms with Crippen molar-refractivity contribution < 1.29 is 28.5 Å². The largest absolute Gasteiger partial charge is 0.493 e. The van der Waals surface area contributed by atoms with Gasteiger partial charge in [0.2, 0.25) is 0 Å². The van der Waals surface area contributed by atoms with Gasteiger partial charge in [0.1, 0.15) is 5.75 Å². The second kappa shape index (κ2) is 10.7. The van der Waals surface area contributed by atoms with Crippen LogP contribution in [-0.2, 0) is 26.3 Å². The summed E-state index contributed by atoms with van der Waals surface area (Å²) in [6, 6.07) is 12.9. The van der Waals surface area contributed by atoms with Crippen molar-refractivity contribution in [3.63, 3.8) is 0 Å². The maximum atomic E-state index is 12.3. The zero-order valence-corrected chi connectivity index (χ0v) is 19.0. The lowest BCUT2D eigenvalue weighted by molar-refractivity contribution is -0.156. The monoisotopic (exact) mass is 429 g/mol. The summed E-state index contributed by atoms with van der Waals surface area (Å²) in [7, 11) is 3.10. The van der Waals surface area contributed by atoms with Gasteiger partial charge in [-0.05, 0) is 41.7 Å². The minimum absolute atomic E-state index is 0.127. The van der Waals surface area contributed by atoms with Gasteiger partial charge in [0.05, 0.1) is 14.2 Å². The molecule has 0 saturated carbocycles. The number of rotatable bonds is 9. The van der Waals surface area contributed by atoms with Crippen LogP contribution < -0.4 is 19.5 Å². The quantitative estimate of drug-likeness (QED) is 0.613. The lowest BCUT2D eigenvalue weighted by atomic mass is 9.86. The standard InChI is InChI=1S/C24H31NO6/c1-16(23(27)25-14-17-11-12-20(28-5)21(13-17)29-6)31-22(26)15-30-19-10-8-7-9-18(19)24(2,3)4/h7-13,16H,14-15H2,1-6H3,(H,25,27)/t16-/m1/s1. The molecule has 31 heavy (non-hydrogen) atoms. The first-order chi connectivity index (χ1) is 14.7. The van der Waals surface area contributed by atoms with Crippen molar-refractivity contribution in [2.45, 2.75) is 45.8 Å². The van der Waals surface area contributed by atoms with Gasteiger partial charge in [0.15, 0.2) is 24.2 Å². The number of para-hydroxylation sites is 1. The van der Waals surface area contributed by atoms with Crippen LogP contribution >= 0.6 is 0 Å². The van der Waals surface area contributed by atoms with Gasteiger partial charge < -0.3 is 24.3 Å². The Morgan fingerprint density at radius 3 is 2.29 bits per heavy atom. The maximum absolute atomic E-state index is 12.3. The molecular weight excluding hydrogens is 398 g/mol. The molecule has 0 aliphatic heterocycles. The number of hydrogen-bond donors (Lipinski definition) is 1. The average Bonchev–Trinajstić information content (AvgIpc) is 2.75. The molecule has 0 unspecified atom stereocenters. The molecule has 0 aliphatic rings. The fraction of sp³-hybridized carbons (Fsp3) is 0.417. The first-order valence-corrected chi connectivity index (χ1v) is 10.1. The third-order valence-electron chi connectivity index (χ3n) is 4.63. The third kappa shape index (κ3) is 6.91. The maximum Gasteiger partial charge on any atom is 0.344 e. The Morgan fingerprint density at radius 1 is 0.968 bits per heavy atom. The molecule has 0 spiro atoms. The van der Waals surface area contributed by atoms with Crippen molar-refractivity contribution in [1.29, 1.82) is 0 Å². The van der Waals surface area contributed by atoms with Crippen LogP contribution in [0.5, 0.6) is 17.2 Å². The second-order valence-corrected chi connectivity index (χ2v) is 8.07. The summed E-state index contributed by atoms with van der Waals surface area (Å²) in [5.74, 6) is 0.780. The van der Waals surface area contributed by atoms with Crippen molar-refractivity contribution in [3.05, 3.63) is 53.6 Å². The predicted molar refractivity (Wildman–Crippen MR) is 118 cm³/mol. The highest BCUT2D eigenvalue weighted by Gasteiger charge is 2.21. The summed E-state index contributed by atoms with van der Waals surface area (Å²) in [6.45, 7) is 7.71. The zero-order chi connectivity index (χ0) is 23.0. The van der Waals surface area contributed by atoms with E-state index >= 15 is 0 Å². The van der Waals surface area contributed by atoms with Crippen molar-refractivity contribution in [1.82, 2.24) is 5.32 Å². The number of hydrogen-bond acceptors (Lipinski definition) is 6. The predicted octanol–water partition coefficient (Wildman–Crippen LogP) is 3.63. The summed E-state index contributed by atoms with van der Waals surface area (Å²) >= 11 is 0. The molecule has 2 aromatic rings. The van der Waals surface area contributed by atoms with E-state index in [-0.39, 0.29) is 18.6 Å². The number of carbonyl (C=O) groups excluding carboxylic acids is 2.